The Hall–Kier alpha value is -1.44. The van der Waals surface area contributed by atoms with E-state index in [1.807, 2.05) is 36.0 Å². The number of carbonyl (C=O) groups excluding carboxylic acids is 1. The van der Waals surface area contributed by atoms with Crippen molar-refractivity contribution in [3.8, 4) is 11.8 Å². The van der Waals surface area contributed by atoms with Crippen molar-refractivity contribution >= 4 is 23.4 Å². The molecule has 0 aliphatic carbocycles. The van der Waals surface area contributed by atoms with E-state index >= 15 is 0 Å². The number of aliphatic hydroxyl groups is 1. The number of hydrogen-bond donors (Lipinski definition) is 2. The molecule has 0 spiro atoms. The minimum Gasteiger partial charge on any atom is -0.384 e. The SMILES string of the molecule is O=C(Nc1cccc(C#CCO)c1)C1CCSC1. The van der Waals surface area contributed by atoms with Gasteiger partial charge in [0.25, 0.3) is 0 Å². The van der Waals surface area contributed by atoms with Gasteiger partial charge in [-0.1, -0.05) is 17.9 Å². The Balaban J connectivity index is 2.02. The van der Waals surface area contributed by atoms with Crippen molar-refractivity contribution in [2.24, 2.45) is 5.92 Å². The van der Waals surface area contributed by atoms with Crippen LogP contribution in [0.1, 0.15) is 12.0 Å². The number of aliphatic hydroxyl groups excluding tert-OH is 1. The zero-order valence-electron chi connectivity index (χ0n) is 9.98. The van der Waals surface area contributed by atoms with Gasteiger partial charge in [0, 0.05) is 22.9 Å². The first-order valence-corrected chi connectivity index (χ1v) is 7.03. The number of thioether (sulfide) groups is 1. The van der Waals surface area contributed by atoms with Gasteiger partial charge >= 0.3 is 0 Å². The Bertz CT molecular complexity index is 484. The minimum absolute atomic E-state index is 0.0901. The zero-order chi connectivity index (χ0) is 12.8. The van der Waals surface area contributed by atoms with Crippen LogP contribution in [0, 0.1) is 17.8 Å². The molecule has 18 heavy (non-hydrogen) atoms. The van der Waals surface area contributed by atoms with E-state index in [1.165, 1.54) is 0 Å². The van der Waals surface area contributed by atoms with Gasteiger partial charge in [-0.2, -0.15) is 11.8 Å². The molecule has 3 nitrogen and oxygen atoms in total. The molecule has 1 aromatic rings. The number of nitrogens with one attached hydrogen (secondary N) is 1. The summed E-state index contributed by atoms with van der Waals surface area (Å²) in [5.41, 5.74) is 1.56. The number of rotatable bonds is 2. The molecule has 0 bridgehead atoms. The number of anilines is 1. The molecule has 2 N–H and O–H groups in total. The highest BCUT2D eigenvalue weighted by atomic mass is 32.2. The monoisotopic (exact) mass is 261 g/mol. The van der Waals surface area contributed by atoms with Crippen molar-refractivity contribution in [3.63, 3.8) is 0 Å². The molecule has 0 saturated carbocycles. The predicted octanol–water partition coefficient (Wildman–Crippen LogP) is 1.72. The fraction of sp³-hybridized carbons (Fsp3) is 0.357. The van der Waals surface area contributed by atoms with Crippen molar-refractivity contribution in [3.05, 3.63) is 29.8 Å². The molecule has 4 heteroatoms. The van der Waals surface area contributed by atoms with Crippen molar-refractivity contribution in [1.82, 2.24) is 0 Å². The van der Waals surface area contributed by atoms with Crippen LogP contribution >= 0.6 is 11.8 Å². The zero-order valence-corrected chi connectivity index (χ0v) is 10.8. The summed E-state index contributed by atoms with van der Waals surface area (Å²) < 4.78 is 0. The van der Waals surface area contributed by atoms with Gasteiger partial charge in [0.15, 0.2) is 0 Å². The van der Waals surface area contributed by atoms with Gasteiger partial charge in [0.1, 0.15) is 6.61 Å². The average Bonchev–Trinajstić information content (AvgIpc) is 2.91. The average molecular weight is 261 g/mol. The van der Waals surface area contributed by atoms with Crippen LogP contribution in [-0.2, 0) is 4.79 Å². The van der Waals surface area contributed by atoms with Gasteiger partial charge < -0.3 is 10.4 Å². The quantitative estimate of drug-likeness (QED) is 0.797. The largest absolute Gasteiger partial charge is 0.384 e. The lowest BCUT2D eigenvalue weighted by Crippen LogP contribution is -2.22. The van der Waals surface area contributed by atoms with E-state index in [-0.39, 0.29) is 18.4 Å². The highest BCUT2D eigenvalue weighted by molar-refractivity contribution is 7.99. The van der Waals surface area contributed by atoms with Crippen molar-refractivity contribution in [2.45, 2.75) is 6.42 Å². The molecule has 94 valence electrons. The molecule has 0 radical (unpaired) electrons. The lowest BCUT2D eigenvalue weighted by Gasteiger charge is -2.09. The normalized spacial score (nSPS) is 17.9. The van der Waals surface area contributed by atoms with Gasteiger partial charge in [-0.05, 0) is 30.4 Å². The van der Waals surface area contributed by atoms with E-state index in [1.54, 1.807) is 0 Å². The van der Waals surface area contributed by atoms with Gasteiger partial charge in [0.2, 0.25) is 5.91 Å². The van der Waals surface area contributed by atoms with E-state index < -0.39 is 0 Å². The Morgan fingerprint density at radius 2 is 2.44 bits per heavy atom. The van der Waals surface area contributed by atoms with Gasteiger partial charge in [-0.15, -0.1) is 0 Å². The molecule has 1 aliphatic heterocycles. The molecule has 2 rings (SSSR count). The second-order valence-electron chi connectivity index (χ2n) is 4.09. The predicted molar refractivity (Wildman–Crippen MR) is 74.5 cm³/mol. The summed E-state index contributed by atoms with van der Waals surface area (Å²) in [6, 6.07) is 7.37. The topological polar surface area (TPSA) is 49.3 Å². The molecule has 1 heterocycles. The fourth-order valence-electron chi connectivity index (χ4n) is 1.80. The third kappa shape index (κ3) is 3.52. The van der Waals surface area contributed by atoms with Gasteiger partial charge in [-0.3, -0.25) is 4.79 Å². The lowest BCUT2D eigenvalue weighted by molar-refractivity contribution is -0.119. The third-order valence-corrected chi connectivity index (χ3v) is 3.90. The maximum Gasteiger partial charge on any atom is 0.228 e. The summed E-state index contributed by atoms with van der Waals surface area (Å²) in [5, 5.41) is 11.6. The Kier molecular flexibility index (Phi) is 4.68. The number of benzene rings is 1. The summed E-state index contributed by atoms with van der Waals surface area (Å²) in [5.74, 6) is 7.61. The van der Waals surface area contributed by atoms with Crippen molar-refractivity contribution in [2.75, 3.05) is 23.4 Å². The first-order chi connectivity index (χ1) is 8.79. The molecule has 1 fully saturated rings. The number of amides is 1. The highest BCUT2D eigenvalue weighted by Crippen LogP contribution is 2.24. The van der Waals surface area contributed by atoms with Crippen LogP contribution in [0.4, 0.5) is 5.69 Å². The third-order valence-electron chi connectivity index (χ3n) is 2.74. The molecule has 1 saturated heterocycles. The van der Waals surface area contributed by atoms with Crippen LogP contribution < -0.4 is 5.32 Å². The van der Waals surface area contributed by atoms with E-state index in [9.17, 15) is 4.79 Å². The standard InChI is InChI=1S/C14H15NO2S/c16-7-2-4-11-3-1-5-13(9-11)15-14(17)12-6-8-18-10-12/h1,3,5,9,12,16H,6-8,10H2,(H,15,17). The molecule has 1 atom stereocenters. The molecule has 1 aliphatic rings. The summed E-state index contributed by atoms with van der Waals surface area (Å²) in [4.78, 5) is 11.9. The summed E-state index contributed by atoms with van der Waals surface area (Å²) in [7, 11) is 0. The van der Waals surface area contributed by atoms with Crippen LogP contribution in [0.2, 0.25) is 0 Å². The van der Waals surface area contributed by atoms with Crippen LogP contribution in [0.15, 0.2) is 24.3 Å². The first-order valence-electron chi connectivity index (χ1n) is 5.88. The smallest absolute Gasteiger partial charge is 0.228 e. The first kappa shape index (κ1) is 13.0. The van der Waals surface area contributed by atoms with Gasteiger partial charge in [-0.25, -0.2) is 0 Å². The Morgan fingerprint density at radius 1 is 1.56 bits per heavy atom. The van der Waals surface area contributed by atoms with E-state index in [2.05, 4.69) is 17.2 Å². The molecule has 1 amide bonds. The van der Waals surface area contributed by atoms with Crippen molar-refractivity contribution < 1.29 is 9.90 Å². The molecular weight excluding hydrogens is 246 g/mol. The van der Waals surface area contributed by atoms with Crippen molar-refractivity contribution in [1.29, 1.82) is 0 Å². The van der Waals surface area contributed by atoms with E-state index in [0.29, 0.717) is 0 Å². The van der Waals surface area contributed by atoms with Crippen LogP contribution in [-0.4, -0.2) is 29.1 Å². The summed E-state index contributed by atoms with van der Waals surface area (Å²) in [6.45, 7) is -0.157. The Morgan fingerprint density at radius 3 is 3.17 bits per heavy atom. The minimum atomic E-state index is -0.157. The fourth-order valence-corrected chi connectivity index (χ4v) is 3.02. The second kappa shape index (κ2) is 6.48. The van der Waals surface area contributed by atoms with Gasteiger partial charge in [0.05, 0.1) is 0 Å². The summed E-state index contributed by atoms with van der Waals surface area (Å²) >= 11 is 1.82. The number of hydrogen-bond acceptors (Lipinski definition) is 3. The van der Waals surface area contributed by atoms with E-state index in [4.69, 9.17) is 5.11 Å². The highest BCUT2D eigenvalue weighted by Gasteiger charge is 2.22. The molecule has 1 aromatic carbocycles. The van der Waals surface area contributed by atoms with Crippen LogP contribution in [0.5, 0.6) is 0 Å². The van der Waals surface area contributed by atoms with E-state index in [0.717, 1.165) is 29.2 Å². The molecular formula is C14H15NO2S. The number of carbonyl (C=O) groups is 1. The van der Waals surface area contributed by atoms with Crippen LogP contribution in [0.3, 0.4) is 0 Å². The molecule has 1 unspecified atom stereocenters. The maximum atomic E-state index is 11.9. The molecule has 0 aromatic heterocycles. The lowest BCUT2D eigenvalue weighted by atomic mass is 10.1. The second-order valence-corrected chi connectivity index (χ2v) is 5.24. The maximum absolute atomic E-state index is 11.9. The summed E-state index contributed by atoms with van der Waals surface area (Å²) in [6.07, 6.45) is 0.959. The van der Waals surface area contributed by atoms with Crippen LogP contribution in [0.25, 0.3) is 0 Å². The Labute approximate surface area is 111 Å².